The van der Waals surface area contributed by atoms with Gasteiger partial charge < -0.3 is 4.74 Å². The van der Waals surface area contributed by atoms with Gasteiger partial charge in [-0.05, 0) is 25.5 Å². The highest BCUT2D eigenvalue weighted by atomic mass is 16.5. The number of rotatable bonds is 6. The summed E-state index contributed by atoms with van der Waals surface area (Å²) in [5.41, 5.74) is 0.861. The van der Waals surface area contributed by atoms with Crippen LogP contribution in [-0.4, -0.2) is 23.3 Å². The second kappa shape index (κ2) is 6.71. The highest BCUT2D eigenvalue weighted by Crippen LogP contribution is 2.01. The first-order valence-electron chi connectivity index (χ1n) is 5.29. The molecule has 0 saturated heterocycles. The predicted octanol–water partition coefficient (Wildman–Crippen LogP) is 1.54. The third kappa shape index (κ3) is 4.68. The van der Waals surface area contributed by atoms with Crippen molar-refractivity contribution in [3.63, 3.8) is 0 Å². The Morgan fingerprint density at radius 1 is 1.38 bits per heavy atom. The molecule has 16 heavy (non-hydrogen) atoms. The Balaban J connectivity index is 2.28. The molecule has 1 heterocycles. The summed E-state index contributed by atoms with van der Waals surface area (Å²) < 4.78 is 4.69. The molecule has 0 radical (unpaired) electrons. The van der Waals surface area contributed by atoms with Gasteiger partial charge >= 0.3 is 5.97 Å². The van der Waals surface area contributed by atoms with Crippen molar-refractivity contribution in [2.45, 2.75) is 26.2 Å². The van der Waals surface area contributed by atoms with E-state index in [-0.39, 0.29) is 12.2 Å². The zero-order chi connectivity index (χ0) is 11.8. The van der Waals surface area contributed by atoms with Gasteiger partial charge in [-0.25, -0.2) is 0 Å². The highest BCUT2D eigenvalue weighted by Gasteiger charge is 2.10. The summed E-state index contributed by atoms with van der Waals surface area (Å²) in [6.07, 6.45) is 2.45. The Kier molecular flexibility index (Phi) is 5.19. The van der Waals surface area contributed by atoms with Crippen LogP contribution in [-0.2, 0) is 20.7 Å². The molecule has 1 aromatic heterocycles. The molecule has 4 heteroatoms. The van der Waals surface area contributed by atoms with Crippen LogP contribution < -0.4 is 0 Å². The lowest BCUT2D eigenvalue weighted by atomic mass is 10.1. The number of aromatic nitrogens is 1. The number of hydrogen-bond donors (Lipinski definition) is 0. The van der Waals surface area contributed by atoms with Crippen LogP contribution in [0.25, 0.3) is 0 Å². The Morgan fingerprint density at radius 2 is 2.19 bits per heavy atom. The largest absolute Gasteiger partial charge is 0.466 e. The van der Waals surface area contributed by atoms with Gasteiger partial charge in [-0.3, -0.25) is 14.6 Å². The SMILES string of the molecule is CCOC(=O)CC(=O)CCc1ccccn1. The molecule has 4 nitrogen and oxygen atoms in total. The third-order valence-electron chi connectivity index (χ3n) is 2.03. The van der Waals surface area contributed by atoms with Crippen molar-refractivity contribution in [3.05, 3.63) is 30.1 Å². The first-order chi connectivity index (χ1) is 7.72. The van der Waals surface area contributed by atoms with E-state index in [4.69, 9.17) is 0 Å². The van der Waals surface area contributed by atoms with E-state index in [0.29, 0.717) is 19.4 Å². The molecule has 0 amide bonds. The van der Waals surface area contributed by atoms with Crippen LogP contribution in [0.15, 0.2) is 24.4 Å². The van der Waals surface area contributed by atoms with Crippen LogP contribution in [0.1, 0.15) is 25.5 Å². The van der Waals surface area contributed by atoms with Gasteiger partial charge in [-0.2, -0.15) is 0 Å². The van der Waals surface area contributed by atoms with Crippen molar-refractivity contribution in [2.24, 2.45) is 0 Å². The van der Waals surface area contributed by atoms with Crippen LogP contribution in [0, 0.1) is 0 Å². The Labute approximate surface area is 94.6 Å². The van der Waals surface area contributed by atoms with Gasteiger partial charge in [0.05, 0.1) is 6.61 Å². The van der Waals surface area contributed by atoms with Gasteiger partial charge in [0.2, 0.25) is 0 Å². The first-order valence-corrected chi connectivity index (χ1v) is 5.29. The van der Waals surface area contributed by atoms with Crippen LogP contribution in [0.5, 0.6) is 0 Å². The number of Topliss-reactive ketones (excluding diaryl/α,β-unsaturated/α-hetero) is 1. The average Bonchev–Trinajstić information content (AvgIpc) is 2.28. The average molecular weight is 221 g/mol. The molecular formula is C12H15NO3. The molecule has 0 aliphatic carbocycles. The van der Waals surface area contributed by atoms with Crippen molar-refractivity contribution in [2.75, 3.05) is 6.61 Å². The van der Waals surface area contributed by atoms with Gasteiger partial charge in [0.1, 0.15) is 12.2 Å². The normalized spacial score (nSPS) is 9.81. The van der Waals surface area contributed by atoms with Gasteiger partial charge in [0.15, 0.2) is 0 Å². The maximum absolute atomic E-state index is 11.4. The van der Waals surface area contributed by atoms with Gasteiger partial charge in [0, 0.05) is 18.3 Å². The Morgan fingerprint density at radius 3 is 2.81 bits per heavy atom. The fraction of sp³-hybridized carbons (Fsp3) is 0.417. The third-order valence-corrected chi connectivity index (χ3v) is 2.03. The van der Waals surface area contributed by atoms with E-state index in [1.54, 1.807) is 13.1 Å². The summed E-state index contributed by atoms with van der Waals surface area (Å²) in [5.74, 6) is -0.558. The molecule has 0 aliphatic rings. The van der Waals surface area contributed by atoms with E-state index in [2.05, 4.69) is 9.72 Å². The number of pyridine rings is 1. The van der Waals surface area contributed by atoms with Crippen molar-refractivity contribution in [1.29, 1.82) is 0 Å². The number of ether oxygens (including phenoxy) is 1. The zero-order valence-electron chi connectivity index (χ0n) is 9.31. The van der Waals surface area contributed by atoms with Gasteiger partial charge in [-0.15, -0.1) is 0 Å². The monoisotopic (exact) mass is 221 g/mol. The quantitative estimate of drug-likeness (QED) is 0.540. The van der Waals surface area contributed by atoms with Crippen molar-refractivity contribution < 1.29 is 14.3 Å². The molecule has 1 rings (SSSR count). The van der Waals surface area contributed by atoms with Crippen molar-refractivity contribution in [1.82, 2.24) is 4.98 Å². The minimum Gasteiger partial charge on any atom is -0.466 e. The zero-order valence-corrected chi connectivity index (χ0v) is 9.31. The van der Waals surface area contributed by atoms with Crippen LogP contribution in [0.3, 0.4) is 0 Å². The minimum atomic E-state index is -0.450. The molecule has 0 aliphatic heterocycles. The van der Waals surface area contributed by atoms with E-state index in [1.165, 1.54) is 0 Å². The standard InChI is InChI=1S/C12H15NO3/c1-2-16-12(15)9-11(14)7-6-10-5-3-4-8-13-10/h3-5,8H,2,6-7,9H2,1H3. The molecule has 0 spiro atoms. The van der Waals surface area contributed by atoms with Gasteiger partial charge in [0.25, 0.3) is 0 Å². The second-order valence-electron chi connectivity index (χ2n) is 3.34. The molecule has 0 fully saturated rings. The summed E-state index contributed by atoms with van der Waals surface area (Å²) in [7, 11) is 0. The summed E-state index contributed by atoms with van der Waals surface area (Å²) >= 11 is 0. The smallest absolute Gasteiger partial charge is 0.313 e. The summed E-state index contributed by atoms with van der Waals surface area (Å²) in [6.45, 7) is 2.03. The van der Waals surface area contributed by atoms with Crippen molar-refractivity contribution in [3.8, 4) is 0 Å². The number of carbonyl (C=O) groups excluding carboxylic acids is 2. The second-order valence-corrected chi connectivity index (χ2v) is 3.34. The molecule has 0 N–H and O–H groups in total. The summed E-state index contributed by atoms with van der Waals surface area (Å²) in [5, 5.41) is 0. The first kappa shape index (κ1) is 12.4. The molecule has 0 aromatic carbocycles. The van der Waals surface area contributed by atoms with E-state index in [9.17, 15) is 9.59 Å². The van der Waals surface area contributed by atoms with Crippen LogP contribution >= 0.6 is 0 Å². The number of carbonyl (C=O) groups is 2. The van der Waals surface area contributed by atoms with E-state index < -0.39 is 5.97 Å². The fourth-order valence-electron chi connectivity index (χ4n) is 1.27. The van der Waals surface area contributed by atoms with E-state index in [0.717, 1.165) is 5.69 Å². The maximum Gasteiger partial charge on any atom is 0.313 e. The number of nitrogens with zero attached hydrogens (tertiary/aromatic N) is 1. The van der Waals surface area contributed by atoms with Crippen molar-refractivity contribution >= 4 is 11.8 Å². The number of hydrogen-bond acceptors (Lipinski definition) is 4. The lowest BCUT2D eigenvalue weighted by molar-refractivity contribution is -0.145. The van der Waals surface area contributed by atoms with Crippen LogP contribution in [0.2, 0.25) is 0 Å². The summed E-state index contributed by atoms with van der Waals surface area (Å²) in [6, 6.07) is 5.56. The predicted molar refractivity (Wildman–Crippen MR) is 58.8 cm³/mol. The molecule has 86 valence electrons. The maximum atomic E-state index is 11.4. The van der Waals surface area contributed by atoms with Gasteiger partial charge in [-0.1, -0.05) is 6.07 Å². The lowest BCUT2D eigenvalue weighted by Crippen LogP contribution is -2.11. The molecule has 0 saturated carbocycles. The summed E-state index contributed by atoms with van der Waals surface area (Å²) in [4.78, 5) is 26.5. The van der Waals surface area contributed by atoms with E-state index in [1.807, 2.05) is 18.2 Å². The molecular weight excluding hydrogens is 206 g/mol. The molecule has 0 atom stereocenters. The molecule has 0 bridgehead atoms. The minimum absolute atomic E-state index is 0.107. The fourth-order valence-corrected chi connectivity index (χ4v) is 1.27. The van der Waals surface area contributed by atoms with E-state index >= 15 is 0 Å². The molecule has 1 aromatic rings. The number of aryl methyl sites for hydroxylation is 1. The number of ketones is 1. The van der Waals surface area contributed by atoms with Crippen LogP contribution in [0.4, 0.5) is 0 Å². The number of esters is 1. The Bertz CT molecular complexity index is 349. The topological polar surface area (TPSA) is 56.3 Å². The lowest BCUT2D eigenvalue weighted by Gasteiger charge is -2.01. The molecule has 0 unspecified atom stereocenters. The Hall–Kier alpha value is -1.71. The highest BCUT2D eigenvalue weighted by molar-refractivity contribution is 5.95.